The molecule has 1 saturated heterocycles. The zero-order valence-corrected chi connectivity index (χ0v) is 16.4. The van der Waals surface area contributed by atoms with E-state index < -0.39 is 6.10 Å². The second kappa shape index (κ2) is 8.91. The quantitative estimate of drug-likeness (QED) is 0.848. The first-order valence-corrected chi connectivity index (χ1v) is 9.63. The van der Waals surface area contributed by atoms with Crippen LogP contribution in [0.3, 0.4) is 0 Å². The average molecular weight is 367 g/mol. The summed E-state index contributed by atoms with van der Waals surface area (Å²) >= 11 is 0. The number of anilines is 2. The van der Waals surface area contributed by atoms with Gasteiger partial charge in [0.05, 0.1) is 0 Å². The van der Waals surface area contributed by atoms with Crippen molar-refractivity contribution in [1.29, 1.82) is 0 Å². The van der Waals surface area contributed by atoms with Crippen LogP contribution in [0.1, 0.15) is 18.9 Å². The molecule has 2 aromatic rings. The lowest BCUT2D eigenvalue weighted by molar-refractivity contribution is -0.122. The Morgan fingerprint density at radius 1 is 1.07 bits per heavy atom. The highest BCUT2D eigenvalue weighted by Gasteiger charge is 2.19. The van der Waals surface area contributed by atoms with Gasteiger partial charge in [0.1, 0.15) is 5.75 Å². The fourth-order valence-corrected chi connectivity index (χ4v) is 3.21. The van der Waals surface area contributed by atoms with Crippen LogP contribution in [0.25, 0.3) is 0 Å². The maximum Gasteiger partial charge on any atom is 0.265 e. The third kappa shape index (κ3) is 5.01. The van der Waals surface area contributed by atoms with Crippen molar-refractivity contribution in [1.82, 2.24) is 4.90 Å². The SMILES string of the molecule is CCC(Oc1ccccc1C)C(=O)Nc1ccc(N2CCN(C)CC2)cc1. The van der Waals surface area contributed by atoms with Gasteiger partial charge < -0.3 is 19.9 Å². The molecule has 5 heteroatoms. The molecule has 0 saturated carbocycles. The molecule has 1 N–H and O–H groups in total. The normalized spacial score (nSPS) is 16.0. The Hall–Kier alpha value is -2.53. The smallest absolute Gasteiger partial charge is 0.265 e. The Morgan fingerprint density at radius 3 is 2.37 bits per heavy atom. The van der Waals surface area contributed by atoms with Gasteiger partial charge in [-0.15, -0.1) is 0 Å². The van der Waals surface area contributed by atoms with Crippen LogP contribution in [0, 0.1) is 6.92 Å². The van der Waals surface area contributed by atoms with Gasteiger partial charge in [-0.1, -0.05) is 25.1 Å². The summed E-state index contributed by atoms with van der Waals surface area (Å²) in [5.41, 5.74) is 3.02. The number of hydrogen-bond acceptors (Lipinski definition) is 4. The Balaban J connectivity index is 1.60. The molecule has 27 heavy (non-hydrogen) atoms. The van der Waals surface area contributed by atoms with Crippen LogP contribution in [-0.4, -0.2) is 50.1 Å². The average Bonchev–Trinajstić information content (AvgIpc) is 2.68. The zero-order valence-electron chi connectivity index (χ0n) is 16.4. The molecular formula is C22H29N3O2. The molecule has 144 valence electrons. The minimum atomic E-state index is -0.511. The van der Waals surface area contributed by atoms with Gasteiger partial charge in [0, 0.05) is 37.6 Å². The van der Waals surface area contributed by atoms with Gasteiger partial charge in [-0.3, -0.25) is 4.79 Å². The minimum Gasteiger partial charge on any atom is -0.480 e. The standard InChI is InChI=1S/C22H29N3O2/c1-4-20(27-21-8-6-5-7-17(21)2)22(26)23-18-9-11-19(12-10-18)25-15-13-24(3)14-16-25/h5-12,20H,4,13-16H2,1-3H3,(H,23,26). The Kier molecular flexibility index (Phi) is 6.35. The third-order valence-corrected chi connectivity index (χ3v) is 5.03. The fraction of sp³-hybridized carbons (Fsp3) is 0.409. The van der Waals surface area contributed by atoms with Gasteiger partial charge in [0.2, 0.25) is 0 Å². The van der Waals surface area contributed by atoms with Gasteiger partial charge in [-0.05, 0) is 56.3 Å². The molecule has 3 rings (SSSR count). The number of aryl methyl sites for hydroxylation is 1. The van der Waals surface area contributed by atoms with Crippen molar-refractivity contribution in [3.05, 3.63) is 54.1 Å². The number of benzene rings is 2. The molecule has 0 aliphatic carbocycles. The van der Waals surface area contributed by atoms with E-state index in [1.165, 1.54) is 5.69 Å². The molecule has 2 aromatic carbocycles. The van der Waals surface area contributed by atoms with Crippen LogP contribution in [0.5, 0.6) is 5.75 Å². The summed E-state index contributed by atoms with van der Waals surface area (Å²) in [5.74, 6) is 0.637. The number of rotatable bonds is 6. The summed E-state index contributed by atoms with van der Waals surface area (Å²) in [6, 6.07) is 15.8. The van der Waals surface area contributed by atoms with E-state index in [2.05, 4.69) is 34.3 Å². The van der Waals surface area contributed by atoms with E-state index in [0.29, 0.717) is 6.42 Å². The topological polar surface area (TPSA) is 44.8 Å². The second-order valence-corrected chi connectivity index (χ2v) is 7.11. The van der Waals surface area contributed by atoms with E-state index in [9.17, 15) is 4.79 Å². The Bertz CT molecular complexity index is 752. The highest BCUT2D eigenvalue weighted by atomic mass is 16.5. The van der Waals surface area contributed by atoms with E-state index in [4.69, 9.17) is 4.74 Å². The largest absolute Gasteiger partial charge is 0.480 e. The van der Waals surface area contributed by atoms with Crippen molar-refractivity contribution >= 4 is 17.3 Å². The lowest BCUT2D eigenvalue weighted by Crippen LogP contribution is -2.44. The molecule has 0 aromatic heterocycles. The van der Waals surface area contributed by atoms with Crippen molar-refractivity contribution < 1.29 is 9.53 Å². The van der Waals surface area contributed by atoms with Crippen molar-refractivity contribution in [2.45, 2.75) is 26.4 Å². The Labute approximate surface area is 161 Å². The summed E-state index contributed by atoms with van der Waals surface area (Å²) in [6.07, 6.45) is 0.0999. The third-order valence-electron chi connectivity index (χ3n) is 5.03. The monoisotopic (exact) mass is 367 g/mol. The first-order valence-electron chi connectivity index (χ1n) is 9.63. The molecule has 1 fully saturated rings. The number of piperazine rings is 1. The zero-order chi connectivity index (χ0) is 19.2. The van der Waals surface area contributed by atoms with Gasteiger partial charge in [-0.2, -0.15) is 0 Å². The molecule has 1 aliphatic rings. The number of hydrogen-bond donors (Lipinski definition) is 1. The number of para-hydroxylation sites is 1. The summed E-state index contributed by atoms with van der Waals surface area (Å²) < 4.78 is 5.93. The molecule has 1 aliphatic heterocycles. The van der Waals surface area contributed by atoms with Gasteiger partial charge in [0.25, 0.3) is 5.91 Å². The molecule has 5 nitrogen and oxygen atoms in total. The van der Waals surface area contributed by atoms with Gasteiger partial charge in [-0.25, -0.2) is 0 Å². The van der Waals surface area contributed by atoms with Crippen molar-refractivity contribution in [3.63, 3.8) is 0 Å². The lowest BCUT2D eigenvalue weighted by atomic mass is 10.2. The van der Waals surface area contributed by atoms with E-state index in [0.717, 1.165) is 43.2 Å². The van der Waals surface area contributed by atoms with E-state index in [1.807, 2.05) is 50.2 Å². The summed E-state index contributed by atoms with van der Waals surface area (Å²) in [5, 5.41) is 2.98. The highest BCUT2D eigenvalue weighted by Crippen LogP contribution is 2.21. The van der Waals surface area contributed by atoms with Crippen molar-refractivity contribution in [3.8, 4) is 5.75 Å². The van der Waals surface area contributed by atoms with Crippen LogP contribution < -0.4 is 15.0 Å². The fourth-order valence-electron chi connectivity index (χ4n) is 3.21. The minimum absolute atomic E-state index is 0.117. The van der Waals surface area contributed by atoms with E-state index in [-0.39, 0.29) is 5.91 Å². The second-order valence-electron chi connectivity index (χ2n) is 7.11. The summed E-state index contributed by atoms with van der Waals surface area (Å²) in [6.45, 7) is 8.16. The molecule has 1 amide bonds. The van der Waals surface area contributed by atoms with E-state index >= 15 is 0 Å². The molecule has 0 spiro atoms. The summed E-state index contributed by atoms with van der Waals surface area (Å²) in [4.78, 5) is 17.3. The predicted molar refractivity (Wildman–Crippen MR) is 111 cm³/mol. The number of likely N-dealkylation sites (N-methyl/N-ethyl adjacent to an activating group) is 1. The molecule has 1 atom stereocenters. The molecule has 0 radical (unpaired) electrons. The number of nitrogens with one attached hydrogen (secondary N) is 1. The number of ether oxygens (including phenoxy) is 1. The van der Waals surface area contributed by atoms with Gasteiger partial charge >= 0.3 is 0 Å². The van der Waals surface area contributed by atoms with E-state index in [1.54, 1.807) is 0 Å². The predicted octanol–water partition coefficient (Wildman–Crippen LogP) is 3.54. The highest BCUT2D eigenvalue weighted by molar-refractivity contribution is 5.94. The molecule has 1 heterocycles. The number of nitrogens with zero attached hydrogens (tertiary/aromatic N) is 2. The maximum atomic E-state index is 12.6. The first-order chi connectivity index (χ1) is 13.1. The van der Waals surface area contributed by atoms with Crippen LogP contribution in [-0.2, 0) is 4.79 Å². The van der Waals surface area contributed by atoms with Crippen molar-refractivity contribution in [2.75, 3.05) is 43.4 Å². The number of amides is 1. The number of carbonyl (C=O) groups is 1. The Morgan fingerprint density at radius 2 is 1.74 bits per heavy atom. The van der Waals surface area contributed by atoms with Crippen LogP contribution in [0.2, 0.25) is 0 Å². The molecule has 1 unspecified atom stereocenters. The van der Waals surface area contributed by atoms with Crippen molar-refractivity contribution in [2.24, 2.45) is 0 Å². The molecular weight excluding hydrogens is 338 g/mol. The first kappa shape index (κ1) is 19.2. The van der Waals surface area contributed by atoms with Crippen LogP contribution >= 0.6 is 0 Å². The lowest BCUT2D eigenvalue weighted by Gasteiger charge is -2.34. The maximum absolute atomic E-state index is 12.6. The van der Waals surface area contributed by atoms with Crippen LogP contribution in [0.4, 0.5) is 11.4 Å². The summed E-state index contributed by atoms with van der Waals surface area (Å²) in [7, 11) is 2.15. The van der Waals surface area contributed by atoms with Gasteiger partial charge in [0.15, 0.2) is 6.10 Å². The van der Waals surface area contributed by atoms with Crippen LogP contribution in [0.15, 0.2) is 48.5 Å². The number of carbonyl (C=O) groups excluding carboxylic acids is 1. The molecule has 0 bridgehead atoms.